The van der Waals surface area contributed by atoms with Gasteiger partial charge in [0.2, 0.25) is 5.91 Å². The molecule has 0 aromatic heterocycles. The SMILES string of the molecule is O=C1CN(NC(=O)c2ccc(F)cc2)C(=O)N1. The van der Waals surface area contributed by atoms with Crippen molar-refractivity contribution < 1.29 is 18.8 Å². The van der Waals surface area contributed by atoms with Crippen LogP contribution in [0.15, 0.2) is 24.3 Å². The van der Waals surface area contributed by atoms with Gasteiger partial charge in [-0.1, -0.05) is 0 Å². The van der Waals surface area contributed by atoms with E-state index in [2.05, 4.69) is 5.43 Å². The number of benzene rings is 1. The lowest BCUT2D eigenvalue weighted by Crippen LogP contribution is -2.44. The first-order valence-corrected chi connectivity index (χ1v) is 4.74. The summed E-state index contributed by atoms with van der Waals surface area (Å²) in [6.45, 7) is -0.230. The van der Waals surface area contributed by atoms with Crippen molar-refractivity contribution in [2.75, 3.05) is 6.54 Å². The van der Waals surface area contributed by atoms with Gasteiger partial charge in [-0.05, 0) is 24.3 Å². The molecule has 0 aliphatic carbocycles. The fourth-order valence-electron chi connectivity index (χ4n) is 1.32. The lowest BCUT2D eigenvalue weighted by atomic mass is 10.2. The van der Waals surface area contributed by atoms with Gasteiger partial charge in [0, 0.05) is 5.56 Å². The average Bonchev–Trinajstić information content (AvgIpc) is 2.58. The number of hydrazine groups is 1. The summed E-state index contributed by atoms with van der Waals surface area (Å²) in [4.78, 5) is 33.6. The van der Waals surface area contributed by atoms with Gasteiger partial charge >= 0.3 is 6.03 Å². The molecule has 1 aliphatic rings. The van der Waals surface area contributed by atoms with Crippen LogP contribution < -0.4 is 10.7 Å². The normalized spacial score (nSPS) is 14.8. The van der Waals surface area contributed by atoms with Gasteiger partial charge in [0.15, 0.2) is 0 Å². The first kappa shape index (κ1) is 11.1. The van der Waals surface area contributed by atoms with Crippen LogP contribution in [0, 0.1) is 5.82 Å². The molecule has 7 heteroatoms. The van der Waals surface area contributed by atoms with Crippen LogP contribution in [-0.4, -0.2) is 29.4 Å². The maximum atomic E-state index is 12.6. The molecule has 1 fully saturated rings. The van der Waals surface area contributed by atoms with Crippen molar-refractivity contribution in [1.29, 1.82) is 0 Å². The summed E-state index contributed by atoms with van der Waals surface area (Å²) >= 11 is 0. The van der Waals surface area contributed by atoms with E-state index in [1.54, 1.807) is 0 Å². The van der Waals surface area contributed by atoms with Gasteiger partial charge in [0.05, 0.1) is 0 Å². The van der Waals surface area contributed by atoms with Gasteiger partial charge in [-0.3, -0.25) is 20.3 Å². The maximum Gasteiger partial charge on any atom is 0.343 e. The molecule has 0 unspecified atom stereocenters. The predicted octanol–water partition coefficient (Wildman–Crippen LogP) is 0.0223. The second-order valence-electron chi connectivity index (χ2n) is 3.39. The Bertz CT molecular complexity index is 486. The third-order valence-corrected chi connectivity index (χ3v) is 2.14. The van der Waals surface area contributed by atoms with Crippen LogP contribution in [0.2, 0.25) is 0 Å². The Kier molecular flexibility index (Phi) is 2.73. The minimum Gasteiger partial charge on any atom is -0.275 e. The molecule has 1 aromatic rings. The van der Waals surface area contributed by atoms with Crippen LogP contribution in [0.25, 0.3) is 0 Å². The number of nitrogens with zero attached hydrogens (tertiary/aromatic N) is 1. The fourth-order valence-corrected chi connectivity index (χ4v) is 1.32. The summed E-state index contributed by atoms with van der Waals surface area (Å²) in [5.41, 5.74) is 2.43. The van der Waals surface area contributed by atoms with E-state index in [9.17, 15) is 18.8 Å². The number of imide groups is 1. The van der Waals surface area contributed by atoms with E-state index < -0.39 is 23.7 Å². The second kappa shape index (κ2) is 4.20. The Labute approximate surface area is 95.4 Å². The number of carbonyl (C=O) groups is 3. The number of hydrogen-bond acceptors (Lipinski definition) is 3. The van der Waals surface area contributed by atoms with E-state index in [-0.39, 0.29) is 12.1 Å². The number of urea groups is 1. The number of halogens is 1. The van der Waals surface area contributed by atoms with Crippen LogP contribution in [0.3, 0.4) is 0 Å². The summed E-state index contributed by atoms with van der Waals surface area (Å²) in [7, 11) is 0. The van der Waals surface area contributed by atoms with E-state index in [1.165, 1.54) is 12.1 Å². The topological polar surface area (TPSA) is 78.5 Å². The lowest BCUT2D eigenvalue weighted by Gasteiger charge is -2.14. The number of rotatable bonds is 2. The summed E-state index contributed by atoms with van der Waals surface area (Å²) < 4.78 is 12.6. The van der Waals surface area contributed by atoms with Crippen molar-refractivity contribution in [3.63, 3.8) is 0 Å². The maximum absolute atomic E-state index is 12.6. The molecule has 88 valence electrons. The molecule has 6 nitrogen and oxygen atoms in total. The molecule has 0 atom stereocenters. The molecule has 1 saturated heterocycles. The van der Waals surface area contributed by atoms with E-state index in [0.717, 1.165) is 17.1 Å². The molecule has 2 N–H and O–H groups in total. The van der Waals surface area contributed by atoms with Crippen molar-refractivity contribution in [2.45, 2.75) is 0 Å². The first-order valence-electron chi connectivity index (χ1n) is 4.74. The van der Waals surface area contributed by atoms with Gasteiger partial charge in [-0.2, -0.15) is 0 Å². The molecule has 1 heterocycles. The highest BCUT2D eigenvalue weighted by molar-refractivity contribution is 6.03. The van der Waals surface area contributed by atoms with Gasteiger partial charge in [0.1, 0.15) is 12.4 Å². The Morgan fingerprint density at radius 2 is 1.94 bits per heavy atom. The average molecular weight is 237 g/mol. The number of carbonyl (C=O) groups excluding carboxylic acids is 3. The molecular weight excluding hydrogens is 229 g/mol. The van der Waals surface area contributed by atoms with Crippen LogP contribution in [-0.2, 0) is 4.79 Å². The molecule has 4 amide bonds. The molecule has 0 saturated carbocycles. The highest BCUT2D eigenvalue weighted by atomic mass is 19.1. The summed E-state index contributed by atoms with van der Waals surface area (Å²) in [6, 6.07) is 4.13. The molecule has 1 aliphatic heterocycles. The monoisotopic (exact) mass is 237 g/mol. The van der Waals surface area contributed by atoms with Gasteiger partial charge < -0.3 is 0 Å². The number of amides is 4. The molecule has 0 radical (unpaired) electrons. The van der Waals surface area contributed by atoms with Crippen LogP contribution in [0.4, 0.5) is 9.18 Å². The zero-order valence-electron chi connectivity index (χ0n) is 8.57. The van der Waals surface area contributed by atoms with Gasteiger partial charge in [-0.25, -0.2) is 14.2 Å². The standard InChI is InChI=1S/C10H8FN3O3/c11-7-3-1-6(2-4-7)9(16)13-14-5-8(15)12-10(14)17/h1-4H,5H2,(H,13,16)(H,12,15,17). The lowest BCUT2D eigenvalue weighted by molar-refractivity contribution is -0.118. The van der Waals surface area contributed by atoms with Crippen LogP contribution in [0.5, 0.6) is 0 Å². The van der Waals surface area contributed by atoms with Crippen molar-refractivity contribution >= 4 is 17.8 Å². The predicted molar refractivity (Wildman–Crippen MR) is 54.1 cm³/mol. The molecule has 0 bridgehead atoms. The number of hydrogen-bond donors (Lipinski definition) is 2. The Hall–Kier alpha value is -2.44. The molecule has 0 spiro atoms. The quantitative estimate of drug-likeness (QED) is 0.712. The first-order chi connectivity index (χ1) is 8.06. The highest BCUT2D eigenvalue weighted by Gasteiger charge is 2.28. The third-order valence-electron chi connectivity index (χ3n) is 2.14. The zero-order valence-corrected chi connectivity index (χ0v) is 8.57. The molecule has 2 rings (SSSR count). The molecule has 1 aromatic carbocycles. The highest BCUT2D eigenvalue weighted by Crippen LogP contribution is 2.03. The summed E-state index contributed by atoms with van der Waals surface area (Å²) in [6.07, 6.45) is 0. The molecular formula is C10H8FN3O3. The Balaban J connectivity index is 2.04. The van der Waals surface area contributed by atoms with Crippen LogP contribution in [0.1, 0.15) is 10.4 Å². The zero-order chi connectivity index (χ0) is 12.4. The summed E-state index contributed by atoms with van der Waals surface area (Å²) in [5.74, 6) is -1.54. The van der Waals surface area contributed by atoms with E-state index in [0.29, 0.717) is 0 Å². The van der Waals surface area contributed by atoms with Crippen molar-refractivity contribution in [1.82, 2.24) is 15.8 Å². The fraction of sp³-hybridized carbons (Fsp3) is 0.100. The van der Waals surface area contributed by atoms with Crippen LogP contribution >= 0.6 is 0 Å². The van der Waals surface area contributed by atoms with E-state index in [4.69, 9.17) is 0 Å². The van der Waals surface area contributed by atoms with Crippen molar-refractivity contribution in [3.8, 4) is 0 Å². The number of nitrogens with one attached hydrogen (secondary N) is 2. The van der Waals surface area contributed by atoms with Crippen molar-refractivity contribution in [2.24, 2.45) is 0 Å². The van der Waals surface area contributed by atoms with Gasteiger partial charge in [0.25, 0.3) is 5.91 Å². The Morgan fingerprint density at radius 3 is 2.47 bits per heavy atom. The van der Waals surface area contributed by atoms with Gasteiger partial charge in [-0.15, -0.1) is 0 Å². The molecule has 17 heavy (non-hydrogen) atoms. The van der Waals surface area contributed by atoms with E-state index in [1.807, 2.05) is 5.32 Å². The minimum absolute atomic E-state index is 0.193. The largest absolute Gasteiger partial charge is 0.343 e. The Morgan fingerprint density at radius 1 is 1.29 bits per heavy atom. The summed E-state index contributed by atoms with van der Waals surface area (Å²) in [5, 5.41) is 2.86. The van der Waals surface area contributed by atoms with Crippen molar-refractivity contribution in [3.05, 3.63) is 35.6 Å². The minimum atomic E-state index is -0.689. The smallest absolute Gasteiger partial charge is 0.275 e. The third kappa shape index (κ3) is 2.39. The van der Waals surface area contributed by atoms with E-state index >= 15 is 0 Å². The second-order valence-corrected chi connectivity index (χ2v) is 3.39.